The molecule has 3 heterocycles. The van der Waals surface area contributed by atoms with Gasteiger partial charge >= 0.3 is 6.09 Å². The third kappa shape index (κ3) is 68.6. The predicted octanol–water partition coefficient (Wildman–Crippen LogP) is 6.11. The number of anilines is 2. The van der Waals surface area contributed by atoms with Gasteiger partial charge in [-0.05, 0) is 87.0 Å². The van der Waals surface area contributed by atoms with E-state index in [1.165, 1.54) is 44.9 Å². The van der Waals surface area contributed by atoms with Crippen molar-refractivity contribution in [3.63, 3.8) is 0 Å². The molecule has 0 saturated heterocycles. The quantitative estimate of drug-likeness (QED) is 0.0167. The second-order valence-electron chi connectivity index (χ2n) is 32.9. The first-order chi connectivity index (χ1) is 72.6. The van der Waals surface area contributed by atoms with Crippen LogP contribution in [0.4, 0.5) is 20.7 Å². The number of carbonyl (C=O) groups is 7. The number of benzene rings is 3. The van der Waals surface area contributed by atoms with Gasteiger partial charge in [0.15, 0.2) is 0 Å². The maximum absolute atomic E-state index is 13.7. The first-order valence-corrected chi connectivity index (χ1v) is 54.7. The van der Waals surface area contributed by atoms with Crippen molar-refractivity contribution in [2.24, 2.45) is 0 Å². The van der Waals surface area contributed by atoms with Gasteiger partial charge in [0.25, 0.3) is 11.8 Å². The van der Waals surface area contributed by atoms with Crippen LogP contribution in [0, 0.1) is 5.82 Å². The summed E-state index contributed by atoms with van der Waals surface area (Å²) in [5.74, 6) is -0.736. The van der Waals surface area contributed by atoms with E-state index in [2.05, 4.69) is 36.6 Å². The molecule has 149 heavy (non-hydrogen) atoms. The number of amides is 7. The molecule has 6 rings (SSSR count). The van der Waals surface area contributed by atoms with Gasteiger partial charge in [0, 0.05) is 72.6 Å². The fraction of sp³-hybridized carbons (Fsp3) is 0.667. The maximum Gasteiger partial charge on any atom is 0.407 e. The number of sulfone groups is 1. The first-order valence-electron chi connectivity index (χ1n) is 49.8. The summed E-state index contributed by atoms with van der Waals surface area (Å²) in [7, 11) is -0.486. The summed E-state index contributed by atoms with van der Waals surface area (Å²) in [6, 6.07) is 19.3. The first kappa shape index (κ1) is 129. The standard InChI is InChI=1S/C99H153ClFN9O36S3/c1-99(2,3)146-98(117)104-75-88(108-92(112)77-110-94(114)14-15-95(110)115)97(116)103-19-70-148-147-69-17-91(111)102-18-22-121-24-26-123-28-30-125-32-34-127-36-38-129-40-42-131-44-46-133-48-50-135-52-54-137-56-58-139-60-62-141-64-66-143-68-67-142-65-63-140-61-59-138-57-55-136-53-51-134-49-47-132-45-43-130-41-39-128-37-35-126-33-31-124-29-27-122-25-23-120-21-16-93(113)109(20-71-149(4,118)119)76-84-10-13-89(145-84)81-8-11-87-85(73-81)96(106-79-105-87)107-83-9-12-90(86(100)74-83)144-78-80-6-5-7-82(101)72-80/h5-15,72-74,79,88H,16-71,75-78H2,1-4H3,(H,102,111)(H,103,116)(H,104,117)(H,108,112)(H,105,106,107). The smallest absolute Gasteiger partial charge is 0.407 e. The Morgan fingerprint density at radius 2 is 0.893 bits per heavy atom. The van der Waals surface area contributed by atoms with E-state index in [0.29, 0.717) is 378 Å². The molecule has 0 spiro atoms. The number of halogens is 2. The Hall–Kier alpha value is -8.18. The zero-order valence-electron chi connectivity index (χ0n) is 86.1. The van der Waals surface area contributed by atoms with E-state index in [1.54, 1.807) is 63.2 Å². The Bertz CT molecular complexity index is 4530. The largest absolute Gasteiger partial charge is 0.487 e. The molecule has 45 nitrogen and oxygen atoms in total. The Morgan fingerprint density at radius 1 is 0.470 bits per heavy atom. The summed E-state index contributed by atoms with van der Waals surface area (Å²) in [6.45, 7) is 24.8. The summed E-state index contributed by atoms with van der Waals surface area (Å²) < 4.78 is 189. The number of carbonyl (C=O) groups excluding carboxylic acids is 7. The molecule has 50 heteroatoms. The molecule has 0 saturated carbocycles. The van der Waals surface area contributed by atoms with Crippen molar-refractivity contribution in [1.29, 1.82) is 0 Å². The SMILES string of the molecule is CC(C)(C)OC(=O)NCC(NC(=O)CN1C(=O)C=CC1=O)C(=O)NCCSSCCC(=O)NCCOCCOCCOCCOCCOCCOCCOCCOCCOCCOCCOCCOCCOCCOCCOCCOCCOCCOCCOCCOCCOCCOCCOCCOCCC(=O)N(CCS(C)(=O)=O)Cc1ccc(-c2ccc3ncnc(Nc4ccc(OCc5cccc(F)c5)c(Cl)c4)c3c2)o1. The number of nitrogens with zero attached hydrogens (tertiary/aromatic N) is 4. The number of hydrogen-bond donors (Lipinski definition) is 5. The number of hydrogen-bond acceptors (Lipinski definition) is 41. The number of aromatic nitrogens is 2. The van der Waals surface area contributed by atoms with Gasteiger partial charge in [0.05, 0.1) is 353 Å². The van der Waals surface area contributed by atoms with E-state index in [0.717, 1.165) is 23.3 Å². The second kappa shape index (κ2) is 85.2. The molecule has 0 fully saturated rings. The van der Waals surface area contributed by atoms with E-state index in [9.17, 15) is 46.4 Å². The molecular formula is C99H153ClFN9O36S3. The van der Waals surface area contributed by atoms with Gasteiger partial charge in [0.2, 0.25) is 23.6 Å². The van der Waals surface area contributed by atoms with Crippen molar-refractivity contribution < 1.29 is 174 Å². The molecule has 842 valence electrons. The van der Waals surface area contributed by atoms with Crippen LogP contribution in [-0.2, 0) is 170 Å². The van der Waals surface area contributed by atoms with Crippen LogP contribution in [-0.4, -0.2) is 455 Å². The molecule has 3 aromatic carbocycles. The van der Waals surface area contributed by atoms with Gasteiger partial charge in [-0.1, -0.05) is 45.3 Å². The van der Waals surface area contributed by atoms with Crippen LogP contribution in [0.1, 0.15) is 44.9 Å². The molecule has 1 atom stereocenters. The van der Waals surface area contributed by atoms with E-state index in [-0.39, 0.29) is 82.2 Å². The molecule has 2 aromatic heterocycles. The average Bonchev–Trinajstić information content (AvgIpc) is 1.34. The van der Waals surface area contributed by atoms with Gasteiger partial charge in [0.1, 0.15) is 69.9 Å². The second-order valence-corrected chi connectivity index (χ2v) is 38.3. The van der Waals surface area contributed by atoms with Crippen LogP contribution in [0.25, 0.3) is 22.2 Å². The summed E-state index contributed by atoms with van der Waals surface area (Å²) >= 11 is 6.58. The highest BCUT2D eigenvalue weighted by molar-refractivity contribution is 8.76. The number of imide groups is 1. The van der Waals surface area contributed by atoms with E-state index < -0.39 is 57.7 Å². The molecule has 0 aliphatic carbocycles. The molecule has 0 radical (unpaired) electrons. The summed E-state index contributed by atoms with van der Waals surface area (Å²) in [4.78, 5) is 98.4. The van der Waals surface area contributed by atoms with Crippen molar-refractivity contribution in [2.75, 3.05) is 379 Å². The summed E-state index contributed by atoms with van der Waals surface area (Å²) in [6.07, 6.45) is 4.17. The lowest BCUT2D eigenvalue weighted by Gasteiger charge is -2.23. The highest BCUT2D eigenvalue weighted by Crippen LogP contribution is 2.34. The normalized spacial score (nSPS) is 12.4. The van der Waals surface area contributed by atoms with Crippen LogP contribution in [0.5, 0.6) is 5.75 Å². The van der Waals surface area contributed by atoms with E-state index >= 15 is 0 Å². The summed E-state index contributed by atoms with van der Waals surface area (Å²) in [5.41, 5.74) is 1.90. The lowest BCUT2D eigenvalue weighted by molar-refractivity contribution is -0.141. The predicted molar refractivity (Wildman–Crippen MR) is 550 cm³/mol. The number of alkyl carbamates (subject to hydrolysis) is 1. The molecule has 1 unspecified atom stereocenters. The Balaban J connectivity index is 0.558. The Kier molecular flexibility index (Phi) is 74.0. The lowest BCUT2D eigenvalue weighted by Crippen LogP contribution is -2.55. The third-order valence-electron chi connectivity index (χ3n) is 19.8. The van der Waals surface area contributed by atoms with Crippen molar-refractivity contribution in [1.82, 2.24) is 41.0 Å². The Morgan fingerprint density at radius 3 is 1.31 bits per heavy atom. The molecular weight excluding hydrogens is 2040 g/mol. The van der Waals surface area contributed by atoms with Crippen molar-refractivity contribution in [2.45, 2.75) is 58.4 Å². The summed E-state index contributed by atoms with van der Waals surface area (Å²) in [5, 5.41) is 14.8. The fourth-order valence-corrected chi connectivity index (χ4v) is 15.1. The minimum absolute atomic E-state index is 0.0203. The molecule has 0 bridgehead atoms. The van der Waals surface area contributed by atoms with Crippen LogP contribution < -0.4 is 31.3 Å². The zero-order chi connectivity index (χ0) is 107. The van der Waals surface area contributed by atoms with Gasteiger partial charge in [-0.2, -0.15) is 0 Å². The van der Waals surface area contributed by atoms with E-state index in [1.807, 2.05) is 18.2 Å². The van der Waals surface area contributed by atoms with Crippen LogP contribution in [0.3, 0.4) is 0 Å². The zero-order valence-corrected chi connectivity index (χ0v) is 89.3. The number of ether oxygens (including phenoxy) is 26. The highest BCUT2D eigenvalue weighted by Gasteiger charge is 2.30. The minimum atomic E-state index is -3.39. The number of furan rings is 1. The van der Waals surface area contributed by atoms with Gasteiger partial charge in [-0.15, -0.1) is 0 Å². The van der Waals surface area contributed by atoms with Crippen LogP contribution in [0.15, 0.2) is 95.7 Å². The number of nitrogens with one attached hydrogen (secondary N) is 5. The average molecular weight is 2200 g/mol. The molecule has 1 aliphatic rings. The molecule has 5 N–H and O–H groups in total. The molecule has 7 amide bonds. The van der Waals surface area contributed by atoms with Crippen LogP contribution in [0.2, 0.25) is 5.02 Å². The van der Waals surface area contributed by atoms with Gasteiger partial charge < -0.3 is 159 Å². The topological polar surface area (TPSA) is 499 Å². The highest BCUT2D eigenvalue weighted by atomic mass is 35.5. The monoisotopic (exact) mass is 2190 g/mol. The maximum atomic E-state index is 13.7. The van der Waals surface area contributed by atoms with E-state index in [4.69, 9.17) is 139 Å². The molecule has 5 aromatic rings. The fourth-order valence-electron chi connectivity index (χ4n) is 12.4. The third-order valence-corrected chi connectivity index (χ3v) is 23.4. The van der Waals surface area contributed by atoms with Crippen molar-refractivity contribution in [3.8, 4) is 17.1 Å². The minimum Gasteiger partial charge on any atom is -0.487 e. The number of rotatable bonds is 99. The van der Waals surface area contributed by atoms with Crippen LogP contribution >= 0.6 is 33.2 Å². The Labute approximate surface area is 884 Å². The van der Waals surface area contributed by atoms with Gasteiger partial charge in [-0.25, -0.2) is 27.6 Å². The lowest BCUT2D eigenvalue weighted by atomic mass is 10.1. The molecule has 1 aliphatic heterocycles. The van der Waals surface area contributed by atoms with Crippen molar-refractivity contribution in [3.05, 3.63) is 113 Å². The van der Waals surface area contributed by atoms with Gasteiger partial charge in [-0.3, -0.25) is 33.7 Å². The number of fused-ring (bicyclic) bond motifs is 1. The van der Waals surface area contributed by atoms with Crippen molar-refractivity contribution >= 4 is 107 Å².